The van der Waals surface area contributed by atoms with Gasteiger partial charge < -0.3 is 59.4 Å². The molecular weight excluding hydrogens is 1330 g/mol. The third-order valence-corrected chi connectivity index (χ3v) is 10.7. The summed E-state index contributed by atoms with van der Waals surface area (Å²) in [4.78, 5) is 77.9. The Morgan fingerprint density at radius 3 is 0.464 bits per heavy atom. The van der Waals surface area contributed by atoms with E-state index in [-0.39, 0.29) is 115 Å². The molecule has 0 N–H and O–H groups in total. The van der Waals surface area contributed by atoms with Gasteiger partial charge in [0.25, 0.3) is 0 Å². The van der Waals surface area contributed by atoms with E-state index in [1.165, 1.54) is 72.8 Å². The van der Waals surface area contributed by atoms with Gasteiger partial charge in [-0.2, -0.15) is 0 Å². The Bertz CT molecular complexity index is 3350. The van der Waals surface area contributed by atoms with Gasteiger partial charge in [0.05, 0.1) is 57.9 Å². The first-order chi connectivity index (χ1) is 39.7. The number of nitrogens with zero attached hydrogens (tertiary/aromatic N) is 4. The maximum Gasteiger partial charge on any atom is 3.00 e. The molecule has 0 aliphatic rings. The quantitative estimate of drug-likeness (QED) is 0.176. The molecule has 12 rings (SSSR count). The van der Waals surface area contributed by atoms with Crippen molar-refractivity contribution in [2.75, 3.05) is 0 Å². The standard InChI is InChI=1S/2C12H8N2.6C7H6O2.2Nd/c2*1-3-9-5-6-10-4-2-8-14-12(10)11(9)13-7-1;6*8-7(9)6-4-2-1-3-5-6;;/h2*1-8H;6*1-5H,(H,8,9);;/q;;;;;;;;2*+3/p-6. The maximum atomic E-state index is 10.1. The van der Waals surface area contributed by atoms with Gasteiger partial charge in [-0.05, 0) is 57.6 Å². The summed E-state index contributed by atoms with van der Waals surface area (Å²) in [7, 11) is 0. The van der Waals surface area contributed by atoms with Crippen molar-refractivity contribution in [2.45, 2.75) is 0 Å². The first kappa shape index (κ1) is 69.2. The Hall–Kier alpha value is -9.08. The number of aromatic carboxylic acids is 6. The fourth-order valence-electron chi connectivity index (χ4n) is 6.80. The third kappa shape index (κ3) is 24.2. The Morgan fingerprint density at radius 1 is 0.202 bits per heavy atom. The molecule has 0 saturated heterocycles. The zero-order valence-electron chi connectivity index (χ0n) is 44.2. The Kier molecular flexibility index (Phi) is 31.8. The largest absolute Gasteiger partial charge is 3.00 e. The van der Waals surface area contributed by atoms with Crippen molar-refractivity contribution in [3.05, 3.63) is 313 Å². The van der Waals surface area contributed by atoms with E-state index >= 15 is 0 Å². The summed E-state index contributed by atoms with van der Waals surface area (Å²) in [6.07, 6.45) is 7.21. The summed E-state index contributed by atoms with van der Waals surface area (Å²) >= 11 is 0. The minimum absolute atomic E-state index is 0. The predicted molar refractivity (Wildman–Crippen MR) is 299 cm³/mol. The van der Waals surface area contributed by atoms with Gasteiger partial charge in [-0.1, -0.05) is 231 Å². The van der Waals surface area contributed by atoms with Gasteiger partial charge >= 0.3 is 81.7 Å². The Morgan fingerprint density at radius 2 is 0.345 bits per heavy atom. The predicted octanol–water partition coefficient (Wildman–Crippen LogP) is 5.87. The second-order valence-electron chi connectivity index (χ2n) is 16.4. The van der Waals surface area contributed by atoms with E-state index in [1.807, 2.05) is 24.3 Å². The summed E-state index contributed by atoms with van der Waals surface area (Å²) in [5.74, 6) is -6.77. The van der Waals surface area contributed by atoms with Crippen LogP contribution in [0.15, 0.2) is 280 Å². The van der Waals surface area contributed by atoms with Crippen LogP contribution in [0.1, 0.15) is 62.1 Å². The number of fused-ring (bicyclic) bond motifs is 6. The van der Waals surface area contributed by atoms with Crippen molar-refractivity contribution in [3.8, 4) is 0 Å². The van der Waals surface area contributed by atoms with Crippen LogP contribution in [-0.4, -0.2) is 55.8 Å². The average Bonchev–Trinajstić information content (AvgIpc) is 3.65. The summed E-state index contributed by atoms with van der Waals surface area (Å²) in [5, 5.41) is 65.1. The molecule has 0 amide bonds. The SMILES string of the molecule is O=C([O-])c1ccccc1.O=C([O-])c1ccccc1.O=C([O-])c1ccccc1.O=C([O-])c1ccccc1.O=C([O-])c1ccccc1.O=C([O-])c1ccccc1.[Nd+3].[Nd+3].c1cnc2c(c1)ccc1cccnc12.c1cnc2c(c1)ccc1cccnc12. The Balaban J connectivity index is 0.000000253. The minimum atomic E-state index is -1.13. The van der Waals surface area contributed by atoms with E-state index in [4.69, 9.17) is 0 Å². The zero-order valence-corrected chi connectivity index (χ0v) is 50.7. The molecule has 0 fully saturated rings. The van der Waals surface area contributed by atoms with Crippen LogP contribution in [0.25, 0.3) is 43.6 Å². The maximum absolute atomic E-state index is 10.1. The smallest absolute Gasteiger partial charge is 0.545 e. The number of pyridine rings is 4. The van der Waals surface area contributed by atoms with Crippen molar-refractivity contribution in [2.24, 2.45) is 0 Å². The number of hydrogen-bond donors (Lipinski definition) is 0. The summed E-state index contributed by atoms with van der Waals surface area (Å²) < 4.78 is 0. The number of aromatic nitrogens is 4. The van der Waals surface area contributed by atoms with Crippen molar-refractivity contribution in [1.29, 1.82) is 0 Å². The van der Waals surface area contributed by atoms with Gasteiger partial charge in [0.1, 0.15) is 0 Å². The minimum Gasteiger partial charge on any atom is -0.545 e. The average molecular weight is 1380 g/mol. The van der Waals surface area contributed by atoms with Gasteiger partial charge in [0.15, 0.2) is 0 Å². The Labute approximate surface area is 547 Å². The molecule has 0 spiro atoms. The molecule has 0 aliphatic carbocycles. The fraction of sp³-hybridized carbons (Fsp3) is 0. The van der Waals surface area contributed by atoms with Gasteiger partial charge in [-0.3, -0.25) is 19.9 Å². The van der Waals surface area contributed by atoms with Gasteiger partial charge in [0, 0.05) is 46.3 Å². The second-order valence-corrected chi connectivity index (χ2v) is 16.4. The van der Waals surface area contributed by atoms with Gasteiger partial charge in [0.2, 0.25) is 0 Å². The number of carboxylic acids is 6. The van der Waals surface area contributed by atoms with E-state index in [1.54, 1.807) is 134 Å². The number of hydrogen-bond acceptors (Lipinski definition) is 16. The molecule has 0 unspecified atom stereocenters. The molecule has 18 heteroatoms. The number of carbonyl (C=O) groups excluding carboxylic acids is 6. The molecule has 4 heterocycles. The van der Waals surface area contributed by atoms with E-state index in [0.717, 1.165) is 43.6 Å². The molecule has 410 valence electrons. The van der Waals surface area contributed by atoms with Crippen LogP contribution in [0.3, 0.4) is 0 Å². The second kappa shape index (κ2) is 38.6. The molecule has 0 aliphatic heterocycles. The van der Waals surface area contributed by atoms with Crippen molar-refractivity contribution in [3.63, 3.8) is 0 Å². The first-order valence-corrected chi connectivity index (χ1v) is 24.5. The van der Waals surface area contributed by atoms with Crippen molar-refractivity contribution in [1.82, 2.24) is 19.9 Å². The van der Waals surface area contributed by atoms with Gasteiger partial charge in [-0.25, -0.2) is 0 Å². The molecule has 0 bridgehead atoms. The van der Waals surface area contributed by atoms with Crippen LogP contribution in [0.5, 0.6) is 0 Å². The van der Waals surface area contributed by atoms with Crippen LogP contribution in [0.4, 0.5) is 0 Å². The molecule has 0 atom stereocenters. The van der Waals surface area contributed by atoms with E-state index in [2.05, 4.69) is 68.5 Å². The normalized spacial score (nSPS) is 9.33. The van der Waals surface area contributed by atoms with Crippen LogP contribution >= 0.6 is 0 Å². The topological polar surface area (TPSA) is 292 Å². The monoisotopic (exact) mass is 1370 g/mol. The summed E-state index contributed by atoms with van der Waals surface area (Å²) in [5.41, 5.74) is 5.23. The first-order valence-electron chi connectivity index (χ1n) is 24.5. The number of carboxylic acid groups (broad SMARTS) is 6. The number of benzene rings is 8. The summed E-state index contributed by atoms with van der Waals surface area (Å²) in [6, 6.07) is 72.7. The third-order valence-electron chi connectivity index (χ3n) is 10.7. The van der Waals surface area contributed by atoms with Crippen LogP contribution in [-0.2, 0) is 0 Å². The summed E-state index contributed by atoms with van der Waals surface area (Å²) in [6.45, 7) is 0. The molecule has 0 saturated carbocycles. The molecule has 2 radical (unpaired) electrons. The fourth-order valence-corrected chi connectivity index (χ4v) is 6.80. The molecule has 84 heavy (non-hydrogen) atoms. The zero-order chi connectivity index (χ0) is 58.9. The van der Waals surface area contributed by atoms with E-state index < -0.39 is 35.8 Å². The van der Waals surface area contributed by atoms with Crippen LogP contribution in [0, 0.1) is 81.7 Å². The van der Waals surface area contributed by atoms with E-state index in [0.29, 0.717) is 0 Å². The van der Waals surface area contributed by atoms with Gasteiger partial charge in [-0.15, -0.1) is 0 Å². The molecular formula is C66H46N4Nd2O12. The van der Waals surface area contributed by atoms with Crippen molar-refractivity contribution >= 4 is 79.4 Å². The number of rotatable bonds is 6. The van der Waals surface area contributed by atoms with E-state index in [9.17, 15) is 59.4 Å². The molecule has 4 aromatic heterocycles. The number of carbonyl (C=O) groups is 6. The van der Waals surface area contributed by atoms with Crippen LogP contribution < -0.4 is 30.6 Å². The van der Waals surface area contributed by atoms with Crippen LogP contribution in [0.2, 0.25) is 0 Å². The molecule has 8 aromatic carbocycles. The molecule has 12 aromatic rings. The van der Waals surface area contributed by atoms with Crippen molar-refractivity contribution < 1.29 is 141 Å². The molecule has 16 nitrogen and oxygen atoms in total.